The lowest BCUT2D eigenvalue weighted by molar-refractivity contribution is 0.296. The van der Waals surface area contributed by atoms with Gasteiger partial charge in [-0.25, -0.2) is 0 Å². The van der Waals surface area contributed by atoms with E-state index in [-0.39, 0.29) is 0 Å². The van der Waals surface area contributed by atoms with Gasteiger partial charge in [0.1, 0.15) is 0 Å². The van der Waals surface area contributed by atoms with E-state index in [1.54, 1.807) is 0 Å². The monoisotopic (exact) mass is 304 g/mol. The molecule has 2 nitrogen and oxygen atoms in total. The molecule has 0 bridgehead atoms. The molecule has 0 saturated heterocycles. The molecule has 3 heteroatoms. The zero-order valence-electron chi connectivity index (χ0n) is 13.8. The average molecular weight is 305 g/mol. The Labute approximate surface area is 133 Å². The van der Waals surface area contributed by atoms with Gasteiger partial charge in [-0.15, -0.1) is 11.3 Å². The number of rotatable bonds is 8. The first-order chi connectivity index (χ1) is 10.2. The van der Waals surface area contributed by atoms with Crippen LogP contribution in [0.1, 0.15) is 38.1 Å². The molecule has 0 atom stereocenters. The van der Waals surface area contributed by atoms with E-state index in [2.05, 4.69) is 62.2 Å². The average Bonchev–Trinajstić information content (AvgIpc) is 2.82. The van der Waals surface area contributed by atoms with E-state index in [0.29, 0.717) is 5.92 Å². The summed E-state index contributed by atoms with van der Waals surface area (Å²) in [5, 5.41) is 5.04. The molecule has 2 rings (SSSR count). The van der Waals surface area contributed by atoms with Gasteiger partial charge in [-0.05, 0) is 42.6 Å². The van der Waals surface area contributed by atoms with Crippen LogP contribution in [0.15, 0.2) is 24.3 Å². The highest BCUT2D eigenvalue weighted by Gasteiger charge is 2.14. The second-order valence-corrected chi connectivity index (χ2v) is 7.12. The van der Waals surface area contributed by atoms with Gasteiger partial charge in [-0.2, -0.15) is 0 Å². The van der Waals surface area contributed by atoms with E-state index < -0.39 is 0 Å². The summed E-state index contributed by atoms with van der Waals surface area (Å²) in [5.41, 5.74) is 1.52. The van der Waals surface area contributed by atoms with Crippen molar-refractivity contribution in [3.05, 3.63) is 34.7 Å². The molecule has 0 spiro atoms. The van der Waals surface area contributed by atoms with Gasteiger partial charge in [-0.1, -0.05) is 45.9 Å². The van der Waals surface area contributed by atoms with Crippen LogP contribution in [-0.2, 0) is 13.1 Å². The van der Waals surface area contributed by atoms with E-state index in [4.69, 9.17) is 0 Å². The molecule has 0 aliphatic heterocycles. The molecule has 0 aliphatic carbocycles. The molecule has 0 saturated carbocycles. The van der Waals surface area contributed by atoms with Crippen molar-refractivity contribution in [2.75, 3.05) is 19.6 Å². The predicted octanol–water partition coefficient (Wildman–Crippen LogP) is 4.49. The maximum absolute atomic E-state index is 3.60. The Bertz CT molecular complexity index is 555. The quantitative estimate of drug-likeness (QED) is 0.773. The maximum atomic E-state index is 3.60. The number of hydrogen-bond donors (Lipinski definition) is 1. The summed E-state index contributed by atoms with van der Waals surface area (Å²) < 4.78 is 1.42. The van der Waals surface area contributed by atoms with Gasteiger partial charge in [0, 0.05) is 22.7 Å². The van der Waals surface area contributed by atoms with E-state index in [0.717, 1.165) is 32.7 Å². The molecule has 0 unspecified atom stereocenters. The maximum Gasteiger partial charge on any atom is 0.0349 e. The Morgan fingerprint density at radius 1 is 1.14 bits per heavy atom. The molecule has 1 aromatic carbocycles. The molecule has 2 aromatic rings. The summed E-state index contributed by atoms with van der Waals surface area (Å²) in [4.78, 5) is 4.00. The fourth-order valence-electron chi connectivity index (χ4n) is 2.61. The lowest BCUT2D eigenvalue weighted by atomic mass is 10.1. The van der Waals surface area contributed by atoms with Crippen molar-refractivity contribution in [2.24, 2.45) is 5.92 Å². The third-order valence-electron chi connectivity index (χ3n) is 3.90. The molecule has 1 heterocycles. The van der Waals surface area contributed by atoms with E-state index in [9.17, 15) is 0 Å². The van der Waals surface area contributed by atoms with E-state index in [1.807, 2.05) is 11.3 Å². The summed E-state index contributed by atoms with van der Waals surface area (Å²) in [6.45, 7) is 14.4. The zero-order chi connectivity index (χ0) is 15.2. The summed E-state index contributed by atoms with van der Waals surface area (Å²) in [5.74, 6) is 0.700. The molecular weight excluding hydrogens is 276 g/mol. The second kappa shape index (κ2) is 7.92. The van der Waals surface area contributed by atoms with Crippen LogP contribution in [-0.4, -0.2) is 24.5 Å². The first-order valence-corrected chi connectivity index (χ1v) is 8.89. The number of thiophene rings is 1. The third-order valence-corrected chi connectivity index (χ3v) is 5.11. The van der Waals surface area contributed by atoms with Crippen LogP contribution >= 0.6 is 11.3 Å². The minimum absolute atomic E-state index is 0.700. The molecule has 0 fully saturated rings. The van der Waals surface area contributed by atoms with Crippen LogP contribution in [0.2, 0.25) is 0 Å². The SMILES string of the molecule is CCN(CC)Cc1c(CNCC(C)C)sc2ccccc12. The number of hydrogen-bond acceptors (Lipinski definition) is 3. The van der Waals surface area contributed by atoms with Crippen LogP contribution in [0.25, 0.3) is 10.1 Å². The van der Waals surface area contributed by atoms with Crippen LogP contribution in [0, 0.1) is 5.92 Å². The lowest BCUT2D eigenvalue weighted by Gasteiger charge is -2.19. The Kier molecular flexibility index (Phi) is 6.22. The number of nitrogens with zero attached hydrogens (tertiary/aromatic N) is 1. The molecular formula is C18H28N2S. The smallest absolute Gasteiger partial charge is 0.0349 e. The van der Waals surface area contributed by atoms with Crippen molar-refractivity contribution in [1.82, 2.24) is 10.2 Å². The first kappa shape index (κ1) is 16.5. The highest BCUT2D eigenvalue weighted by Crippen LogP contribution is 2.32. The van der Waals surface area contributed by atoms with Gasteiger partial charge < -0.3 is 5.32 Å². The highest BCUT2D eigenvalue weighted by atomic mass is 32.1. The number of fused-ring (bicyclic) bond motifs is 1. The van der Waals surface area contributed by atoms with Crippen molar-refractivity contribution < 1.29 is 0 Å². The lowest BCUT2D eigenvalue weighted by Crippen LogP contribution is -2.24. The Morgan fingerprint density at radius 2 is 1.86 bits per heavy atom. The van der Waals surface area contributed by atoms with Crippen LogP contribution in [0.3, 0.4) is 0 Å². The molecule has 1 aromatic heterocycles. The first-order valence-electron chi connectivity index (χ1n) is 8.08. The summed E-state index contributed by atoms with van der Waals surface area (Å²) in [6.07, 6.45) is 0. The fourth-order valence-corrected chi connectivity index (χ4v) is 3.80. The van der Waals surface area contributed by atoms with Crippen molar-refractivity contribution in [3.63, 3.8) is 0 Å². The van der Waals surface area contributed by atoms with Crippen LogP contribution < -0.4 is 5.32 Å². The molecule has 0 amide bonds. The number of nitrogens with one attached hydrogen (secondary N) is 1. The van der Waals surface area contributed by atoms with Gasteiger partial charge in [0.2, 0.25) is 0 Å². The second-order valence-electron chi connectivity index (χ2n) is 5.99. The van der Waals surface area contributed by atoms with E-state index in [1.165, 1.54) is 20.5 Å². The van der Waals surface area contributed by atoms with Crippen molar-refractivity contribution in [2.45, 2.75) is 40.8 Å². The van der Waals surface area contributed by atoms with Gasteiger partial charge in [0.25, 0.3) is 0 Å². The topological polar surface area (TPSA) is 15.3 Å². The van der Waals surface area contributed by atoms with Crippen LogP contribution in [0.4, 0.5) is 0 Å². The largest absolute Gasteiger partial charge is 0.312 e. The van der Waals surface area contributed by atoms with Gasteiger partial charge in [0.15, 0.2) is 0 Å². The summed E-state index contributed by atoms with van der Waals surface area (Å²) >= 11 is 1.95. The minimum atomic E-state index is 0.700. The fraction of sp³-hybridized carbons (Fsp3) is 0.556. The molecule has 0 radical (unpaired) electrons. The Hall–Kier alpha value is -0.900. The highest BCUT2D eigenvalue weighted by molar-refractivity contribution is 7.19. The molecule has 21 heavy (non-hydrogen) atoms. The Morgan fingerprint density at radius 3 is 2.52 bits per heavy atom. The zero-order valence-corrected chi connectivity index (χ0v) is 14.6. The predicted molar refractivity (Wildman–Crippen MR) is 95.0 cm³/mol. The van der Waals surface area contributed by atoms with Gasteiger partial charge in [-0.3, -0.25) is 4.90 Å². The standard InChI is InChI=1S/C18H28N2S/c1-5-20(6-2)13-16-15-9-7-8-10-17(15)21-18(16)12-19-11-14(3)4/h7-10,14,19H,5-6,11-13H2,1-4H3. The van der Waals surface area contributed by atoms with Crippen LogP contribution in [0.5, 0.6) is 0 Å². The van der Waals surface area contributed by atoms with Crippen molar-refractivity contribution in [3.8, 4) is 0 Å². The normalized spacial score (nSPS) is 11.9. The summed E-state index contributed by atoms with van der Waals surface area (Å²) in [6, 6.07) is 8.83. The summed E-state index contributed by atoms with van der Waals surface area (Å²) in [7, 11) is 0. The Balaban J connectivity index is 2.25. The minimum Gasteiger partial charge on any atom is -0.312 e. The van der Waals surface area contributed by atoms with Crippen molar-refractivity contribution in [1.29, 1.82) is 0 Å². The number of benzene rings is 1. The van der Waals surface area contributed by atoms with E-state index >= 15 is 0 Å². The van der Waals surface area contributed by atoms with Gasteiger partial charge >= 0.3 is 0 Å². The molecule has 116 valence electrons. The van der Waals surface area contributed by atoms with Gasteiger partial charge in [0.05, 0.1) is 0 Å². The molecule has 0 aliphatic rings. The third kappa shape index (κ3) is 4.29. The molecule has 1 N–H and O–H groups in total. The van der Waals surface area contributed by atoms with Crippen molar-refractivity contribution >= 4 is 21.4 Å².